The predicted octanol–water partition coefficient (Wildman–Crippen LogP) is 5.61. The third kappa shape index (κ3) is 3.23. The number of para-hydroxylation sites is 2. The number of H-pyrrole nitrogens is 2. The number of hydrogen-bond acceptors (Lipinski definition) is 5. The van der Waals surface area contributed by atoms with Crippen molar-refractivity contribution in [1.82, 2.24) is 25.1 Å². The van der Waals surface area contributed by atoms with Gasteiger partial charge in [0.05, 0.1) is 10.5 Å². The lowest BCUT2D eigenvalue weighted by Gasteiger charge is -2.08. The van der Waals surface area contributed by atoms with Crippen molar-refractivity contribution in [3.8, 4) is 0 Å². The van der Waals surface area contributed by atoms with E-state index in [2.05, 4.69) is 44.8 Å². The summed E-state index contributed by atoms with van der Waals surface area (Å²) in [5, 5.41) is 14.8. The summed E-state index contributed by atoms with van der Waals surface area (Å²) in [6.07, 6.45) is 2.48. The molecule has 29 heavy (non-hydrogen) atoms. The van der Waals surface area contributed by atoms with Gasteiger partial charge in [-0.3, -0.25) is 5.10 Å². The van der Waals surface area contributed by atoms with Crippen LogP contribution in [-0.4, -0.2) is 25.1 Å². The third-order valence-electron chi connectivity index (χ3n) is 5.15. The van der Waals surface area contributed by atoms with Gasteiger partial charge in [0.25, 0.3) is 0 Å². The molecule has 2 aromatic carbocycles. The number of fused-ring (bicyclic) bond motifs is 2. The molecule has 0 radical (unpaired) electrons. The average molecular weight is 398 g/mol. The largest absolute Gasteiger partial charge is 0.349 e. The number of aromatic nitrogens is 5. The maximum atomic E-state index is 4.80. The highest BCUT2D eigenvalue weighted by Gasteiger charge is 2.25. The van der Waals surface area contributed by atoms with Crippen LogP contribution in [0.2, 0.25) is 0 Å². The molecule has 5 aromatic rings. The van der Waals surface area contributed by atoms with E-state index >= 15 is 0 Å². The highest BCUT2D eigenvalue weighted by Crippen LogP contribution is 2.40. The SMILES string of the molecule is c1ccc2[nH]c(Sc3nc(Nc4cc(C5CC5)[nH]n4)c4ccccc4n3)cc2c1. The molecule has 0 aliphatic heterocycles. The van der Waals surface area contributed by atoms with Crippen LogP contribution in [0.25, 0.3) is 21.8 Å². The lowest BCUT2D eigenvalue weighted by Crippen LogP contribution is -1.99. The van der Waals surface area contributed by atoms with E-state index in [0.717, 1.165) is 33.1 Å². The van der Waals surface area contributed by atoms with E-state index in [1.54, 1.807) is 0 Å². The maximum absolute atomic E-state index is 4.80. The molecular formula is C22H18N6S. The Bertz CT molecular complexity index is 1300. The van der Waals surface area contributed by atoms with Crippen LogP contribution >= 0.6 is 11.8 Å². The molecule has 0 unspecified atom stereocenters. The number of rotatable bonds is 5. The van der Waals surface area contributed by atoms with E-state index in [0.29, 0.717) is 11.1 Å². The summed E-state index contributed by atoms with van der Waals surface area (Å²) in [5.74, 6) is 2.19. The Hall–Kier alpha value is -3.32. The number of benzene rings is 2. The molecule has 0 amide bonds. The molecule has 6 nitrogen and oxygen atoms in total. The number of hydrogen-bond donors (Lipinski definition) is 3. The summed E-state index contributed by atoms with van der Waals surface area (Å²) < 4.78 is 0. The maximum Gasteiger partial charge on any atom is 0.196 e. The van der Waals surface area contributed by atoms with Crippen LogP contribution in [-0.2, 0) is 0 Å². The van der Waals surface area contributed by atoms with E-state index in [1.165, 1.54) is 35.7 Å². The summed E-state index contributed by atoms with van der Waals surface area (Å²) in [5.41, 5.74) is 3.21. The topological polar surface area (TPSA) is 82.3 Å². The molecule has 142 valence electrons. The van der Waals surface area contributed by atoms with Crippen molar-refractivity contribution in [2.24, 2.45) is 0 Å². The highest BCUT2D eigenvalue weighted by molar-refractivity contribution is 7.99. The Balaban J connectivity index is 1.37. The predicted molar refractivity (Wildman–Crippen MR) is 116 cm³/mol. The smallest absolute Gasteiger partial charge is 0.196 e. The molecule has 7 heteroatoms. The molecule has 0 saturated heterocycles. The Morgan fingerprint density at radius 2 is 1.83 bits per heavy atom. The van der Waals surface area contributed by atoms with Gasteiger partial charge in [-0.2, -0.15) is 5.10 Å². The van der Waals surface area contributed by atoms with Crippen LogP contribution in [0.5, 0.6) is 0 Å². The van der Waals surface area contributed by atoms with Gasteiger partial charge in [-0.15, -0.1) is 0 Å². The Labute approximate surface area is 171 Å². The lowest BCUT2D eigenvalue weighted by atomic mass is 10.2. The summed E-state index contributed by atoms with van der Waals surface area (Å²) in [6.45, 7) is 0. The molecule has 3 heterocycles. The minimum atomic E-state index is 0.633. The first-order valence-corrected chi connectivity index (χ1v) is 10.5. The number of aromatic amines is 2. The van der Waals surface area contributed by atoms with E-state index in [4.69, 9.17) is 9.97 Å². The molecule has 1 fully saturated rings. The second-order valence-corrected chi connectivity index (χ2v) is 8.31. The van der Waals surface area contributed by atoms with E-state index in [-0.39, 0.29) is 0 Å². The van der Waals surface area contributed by atoms with Gasteiger partial charge >= 0.3 is 0 Å². The first-order chi connectivity index (χ1) is 14.3. The number of nitrogens with zero attached hydrogens (tertiary/aromatic N) is 3. The minimum Gasteiger partial charge on any atom is -0.349 e. The fraction of sp³-hybridized carbons (Fsp3) is 0.136. The van der Waals surface area contributed by atoms with Crippen molar-refractivity contribution in [3.63, 3.8) is 0 Å². The van der Waals surface area contributed by atoms with E-state index in [9.17, 15) is 0 Å². The fourth-order valence-electron chi connectivity index (χ4n) is 3.52. The van der Waals surface area contributed by atoms with Gasteiger partial charge in [0.2, 0.25) is 0 Å². The van der Waals surface area contributed by atoms with E-state index < -0.39 is 0 Å². The Morgan fingerprint density at radius 1 is 0.966 bits per heavy atom. The van der Waals surface area contributed by atoms with Crippen LogP contribution in [0.4, 0.5) is 11.6 Å². The molecule has 0 atom stereocenters. The first kappa shape index (κ1) is 16.6. The highest BCUT2D eigenvalue weighted by atomic mass is 32.2. The van der Waals surface area contributed by atoms with Crippen molar-refractivity contribution < 1.29 is 0 Å². The fourth-order valence-corrected chi connectivity index (χ4v) is 4.35. The summed E-state index contributed by atoms with van der Waals surface area (Å²) in [4.78, 5) is 13.0. The van der Waals surface area contributed by atoms with Crippen LogP contribution in [0, 0.1) is 0 Å². The standard InChI is InChI=1S/C22H18N6S/c1-3-7-16-14(5-1)11-20(23-16)29-22-24-17-8-4-2-6-15(17)21(26-22)25-19-12-18(27-28-19)13-9-10-13/h1-8,11-13,23H,9-10H2,(H2,24,25,26,27,28). The second kappa shape index (κ2) is 6.63. The molecular weight excluding hydrogens is 380 g/mol. The Kier molecular flexibility index (Phi) is 3.80. The van der Waals surface area contributed by atoms with Gasteiger partial charge in [-0.25, -0.2) is 9.97 Å². The van der Waals surface area contributed by atoms with Crippen molar-refractivity contribution in [2.75, 3.05) is 5.32 Å². The van der Waals surface area contributed by atoms with Crippen LogP contribution in [0.15, 0.2) is 70.8 Å². The molecule has 0 bridgehead atoms. The van der Waals surface area contributed by atoms with Gasteiger partial charge in [0.15, 0.2) is 11.0 Å². The van der Waals surface area contributed by atoms with Gasteiger partial charge < -0.3 is 10.3 Å². The molecule has 1 saturated carbocycles. The molecule has 3 aromatic heterocycles. The molecule has 3 N–H and O–H groups in total. The van der Waals surface area contributed by atoms with Crippen molar-refractivity contribution in [3.05, 3.63) is 66.4 Å². The number of nitrogens with one attached hydrogen (secondary N) is 3. The van der Waals surface area contributed by atoms with Gasteiger partial charge in [-0.05, 0) is 48.9 Å². The van der Waals surface area contributed by atoms with E-state index in [1.807, 2.05) is 36.4 Å². The minimum absolute atomic E-state index is 0.633. The van der Waals surface area contributed by atoms with Crippen molar-refractivity contribution in [1.29, 1.82) is 0 Å². The van der Waals surface area contributed by atoms with Crippen LogP contribution in [0.1, 0.15) is 24.5 Å². The molecule has 0 spiro atoms. The zero-order chi connectivity index (χ0) is 19.2. The second-order valence-electron chi connectivity index (χ2n) is 7.30. The number of anilines is 2. The zero-order valence-corrected chi connectivity index (χ0v) is 16.3. The summed E-state index contributed by atoms with van der Waals surface area (Å²) >= 11 is 1.53. The average Bonchev–Trinajstić information content (AvgIpc) is 3.34. The zero-order valence-electron chi connectivity index (χ0n) is 15.5. The third-order valence-corrected chi connectivity index (χ3v) is 5.96. The van der Waals surface area contributed by atoms with Crippen LogP contribution in [0.3, 0.4) is 0 Å². The quantitative estimate of drug-likeness (QED) is 0.335. The van der Waals surface area contributed by atoms with Crippen molar-refractivity contribution >= 4 is 45.2 Å². The van der Waals surface area contributed by atoms with Crippen molar-refractivity contribution in [2.45, 2.75) is 28.9 Å². The first-order valence-electron chi connectivity index (χ1n) is 9.66. The summed E-state index contributed by atoms with van der Waals surface area (Å²) in [6, 6.07) is 20.5. The monoisotopic (exact) mass is 398 g/mol. The van der Waals surface area contributed by atoms with Gasteiger partial charge in [-0.1, -0.05) is 30.3 Å². The van der Waals surface area contributed by atoms with Gasteiger partial charge in [0.1, 0.15) is 5.82 Å². The summed E-state index contributed by atoms with van der Waals surface area (Å²) in [7, 11) is 0. The molecule has 1 aliphatic carbocycles. The molecule has 1 aliphatic rings. The Morgan fingerprint density at radius 3 is 2.72 bits per heavy atom. The van der Waals surface area contributed by atoms with Gasteiger partial charge in [0, 0.05) is 34.0 Å². The van der Waals surface area contributed by atoms with Crippen LogP contribution < -0.4 is 5.32 Å². The normalized spacial score (nSPS) is 13.9. The lowest BCUT2D eigenvalue weighted by molar-refractivity contribution is 0.964. The molecule has 6 rings (SSSR count).